The summed E-state index contributed by atoms with van der Waals surface area (Å²) < 4.78 is 5.39. The molecule has 2 rings (SSSR count). The molecule has 4 nitrogen and oxygen atoms in total. The second kappa shape index (κ2) is 8.21. The Morgan fingerprint density at radius 2 is 1.87 bits per heavy atom. The van der Waals surface area contributed by atoms with Crippen LogP contribution in [0.5, 0.6) is 0 Å². The van der Waals surface area contributed by atoms with Gasteiger partial charge in [-0.05, 0) is 24.6 Å². The zero-order valence-corrected chi connectivity index (χ0v) is 13.5. The molecule has 1 unspecified atom stereocenters. The largest absolute Gasteiger partial charge is 0.444 e. The molecule has 1 atom stereocenters. The molecule has 0 fully saturated rings. The Labute approximate surface area is 140 Å². The number of carbonyl (C=O) groups excluding carboxylic acids is 1. The van der Waals surface area contributed by atoms with Crippen LogP contribution in [0.2, 0.25) is 5.02 Å². The predicted molar refractivity (Wildman–Crippen MR) is 90.3 cm³/mol. The normalized spacial score (nSPS) is 11.3. The molecular weight excluding hydrogens is 312 g/mol. The molecule has 0 radical (unpaired) electrons. The molecule has 0 aliphatic heterocycles. The Morgan fingerprint density at radius 3 is 2.52 bits per heavy atom. The van der Waals surface area contributed by atoms with Gasteiger partial charge >= 0.3 is 6.09 Å². The molecular formula is C18H17ClN2O2. The summed E-state index contributed by atoms with van der Waals surface area (Å²) in [6.45, 7) is 1.95. The first-order valence-electron chi connectivity index (χ1n) is 7.25. The van der Waals surface area contributed by atoms with E-state index in [1.54, 1.807) is 31.2 Å². The Bertz CT molecular complexity index is 698. The third-order valence-electron chi connectivity index (χ3n) is 3.34. The molecule has 5 heteroatoms. The van der Waals surface area contributed by atoms with Crippen molar-refractivity contribution in [1.29, 1.82) is 5.26 Å². The zero-order valence-electron chi connectivity index (χ0n) is 12.8. The van der Waals surface area contributed by atoms with Crippen LogP contribution in [0.15, 0.2) is 54.6 Å². The number of rotatable bonds is 5. The average molecular weight is 329 g/mol. The van der Waals surface area contributed by atoms with Crippen LogP contribution in [-0.2, 0) is 11.3 Å². The summed E-state index contributed by atoms with van der Waals surface area (Å²) in [6.07, 6.45) is -0.337. The van der Waals surface area contributed by atoms with Gasteiger partial charge in [-0.2, -0.15) is 5.26 Å². The SMILES string of the molecule is CC(CC#N)N(C(=O)OCc1ccccc1)c1ccccc1Cl. The van der Waals surface area contributed by atoms with Crippen molar-refractivity contribution >= 4 is 23.4 Å². The molecule has 0 aromatic heterocycles. The third kappa shape index (κ3) is 4.48. The Morgan fingerprint density at radius 1 is 1.22 bits per heavy atom. The summed E-state index contributed by atoms with van der Waals surface area (Å²) >= 11 is 6.19. The molecule has 118 valence electrons. The Kier molecular flexibility index (Phi) is 6.02. The van der Waals surface area contributed by atoms with Gasteiger partial charge in [0, 0.05) is 0 Å². The minimum absolute atomic E-state index is 0.167. The van der Waals surface area contributed by atoms with Crippen LogP contribution in [0.3, 0.4) is 0 Å². The van der Waals surface area contributed by atoms with Gasteiger partial charge in [0.25, 0.3) is 0 Å². The number of amides is 1. The first kappa shape index (κ1) is 16.9. The van der Waals surface area contributed by atoms with Crippen molar-refractivity contribution < 1.29 is 9.53 Å². The van der Waals surface area contributed by atoms with Crippen molar-refractivity contribution in [3.8, 4) is 6.07 Å². The van der Waals surface area contributed by atoms with Crippen LogP contribution in [0.1, 0.15) is 18.9 Å². The van der Waals surface area contributed by atoms with Crippen LogP contribution >= 0.6 is 11.6 Å². The van der Waals surface area contributed by atoms with Crippen molar-refractivity contribution in [2.75, 3.05) is 4.90 Å². The molecule has 0 spiro atoms. The molecule has 0 bridgehead atoms. The van der Waals surface area contributed by atoms with E-state index in [2.05, 4.69) is 6.07 Å². The smallest absolute Gasteiger partial charge is 0.414 e. The van der Waals surface area contributed by atoms with E-state index in [1.807, 2.05) is 30.3 Å². The number of para-hydroxylation sites is 1. The number of carbonyl (C=O) groups is 1. The van der Waals surface area contributed by atoms with Crippen LogP contribution in [0.25, 0.3) is 0 Å². The van der Waals surface area contributed by atoms with Crippen molar-refractivity contribution in [2.45, 2.75) is 26.0 Å². The monoisotopic (exact) mass is 328 g/mol. The summed E-state index contributed by atoms with van der Waals surface area (Å²) in [4.78, 5) is 13.9. The highest BCUT2D eigenvalue weighted by Crippen LogP contribution is 2.28. The lowest BCUT2D eigenvalue weighted by molar-refractivity contribution is 0.145. The Hall–Kier alpha value is -2.51. The molecule has 0 saturated heterocycles. The van der Waals surface area contributed by atoms with Crippen molar-refractivity contribution in [2.24, 2.45) is 0 Å². The van der Waals surface area contributed by atoms with Gasteiger partial charge in [-0.25, -0.2) is 4.79 Å². The predicted octanol–water partition coefficient (Wildman–Crippen LogP) is 4.79. The van der Waals surface area contributed by atoms with Crippen LogP contribution in [-0.4, -0.2) is 12.1 Å². The summed E-state index contributed by atoms with van der Waals surface area (Å²) in [5.41, 5.74) is 1.43. The highest BCUT2D eigenvalue weighted by atomic mass is 35.5. The highest BCUT2D eigenvalue weighted by molar-refractivity contribution is 6.33. The maximum atomic E-state index is 12.5. The minimum atomic E-state index is -0.523. The van der Waals surface area contributed by atoms with Gasteiger partial charge in [0.1, 0.15) is 6.61 Å². The molecule has 0 aliphatic rings. The molecule has 1 amide bonds. The number of hydrogen-bond acceptors (Lipinski definition) is 3. The second-order valence-corrected chi connectivity index (χ2v) is 5.48. The lowest BCUT2D eigenvalue weighted by Crippen LogP contribution is -2.39. The lowest BCUT2D eigenvalue weighted by Gasteiger charge is -2.27. The van der Waals surface area contributed by atoms with E-state index in [0.29, 0.717) is 10.7 Å². The van der Waals surface area contributed by atoms with Crippen molar-refractivity contribution in [3.63, 3.8) is 0 Å². The van der Waals surface area contributed by atoms with Gasteiger partial charge < -0.3 is 4.74 Å². The second-order valence-electron chi connectivity index (χ2n) is 5.07. The van der Waals surface area contributed by atoms with Gasteiger partial charge in [0.15, 0.2) is 0 Å². The maximum Gasteiger partial charge on any atom is 0.414 e. The molecule has 23 heavy (non-hydrogen) atoms. The number of hydrogen-bond donors (Lipinski definition) is 0. The fraction of sp³-hybridized carbons (Fsp3) is 0.222. The van der Waals surface area contributed by atoms with Gasteiger partial charge in [-0.15, -0.1) is 0 Å². The van der Waals surface area contributed by atoms with E-state index in [9.17, 15) is 4.79 Å². The van der Waals surface area contributed by atoms with E-state index in [1.165, 1.54) is 4.90 Å². The molecule has 0 heterocycles. The first-order chi connectivity index (χ1) is 11.1. The standard InChI is InChI=1S/C18H17ClN2O2/c1-14(11-12-20)21(17-10-6-5-9-16(17)19)18(22)23-13-15-7-3-2-4-8-15/h2-10,14H,11,13H2,1H3. The van der Waals surface area contributed by atoms with E-state index in [4.69, 9.17) is 21.6 Å². The zero-order chi connectivity index (χ0) is 16.7. The fourth-order valence-corrected chi connectivity index (χ4v) is 2.40. The molecule has 2 aromatic carbocycles. The average Bonchev–Trinajstić information content (AvgIpc) is 2.56. The van der Waals surface area contributed by atoms with Crippen molar-refractivity contribution in [3.05, 3.63) is 65.2 Å². The van der Waals surface area contributed by atoms with Crippen LogP contribution in [0.4, 0.5) is 10.5 Å². The molecule has 0 N–H and O–H groups in total. The summed E-state index contributed by atoms with van der Waals surface area (Å²) in [5.74, 6) is 0. The topological polar surface area (TPSA) is 53.3 Å². The van der Waals surface area contributed by atoms with Gasteiger partial charge in [0.2, 0.25) is 0 Å². The van der Waals surface area contributed by atoms with E-state index in [-0.39, 0.29) is 19.1 Å². The summed E-state index contributed by atoms with van der Waals surface area (Å²) in [6, 6.07) is 18.2. The van der Waals surface area contributed by atoms with E-state index >= 15 is 0 Å². The van der Waals surface area contributed by atoms with E-state index in [0.717, 1.165) is 5.56 Å². The summed E-state index contributed by atoms with van der Waals surface area (Å²) in [5, 5.41) is 9.37. The molecule has 0 saturated carbocycles. The lowest BCUT2D eigenvalue weighted by atomic mass is 10.2. The molecule has 0 aliphatic carbocycles. The Balaban J connectivity index is 2.18. The number of ether oxygens (including phenoxy) is 1. The summed E-state index contributed by atoms with van der Waals surface area (Å²) in [7, 11) is 0. The number of anilines is 1. The number of nitrogens with zero attached hydrogens (tertiary/aromatic N) is 2. The quantitative estimate of drug-likeness (QED) is 0.793. The highest BCUT2D eigenvalue weighted by Gasteiger charge is 2.25. The van der Waals surface area contributed by atoms with E-state index < -0.39 is 6.09 Å². The van der Waals surface area contributed by atoms with Crippen LogP contribution in [0, 0.1) is 11.3 Å². The van der Waals surface area contributed by atoms with Gasteiger partial charge in [-0.3, -0.25) is 4.90 Å². The molecule has 2 aromatic rings. The number of nitriles is 1. The van der Waals surface area contributed by atoms with Crippen molar-refractivity contribution in [1.82, 2.24) is 0 Å². The number of benzene rings is 2. The number of halogens is 1. The van der Waals surface area contributed by atoms with Crippen LogP contribution < -0.4 is 4.90 Å². The maximum absolute atomic E-state index is 12.5. The third-order valence-corrected chi connectivity index (χ3v) is 3.66. The van der Waals surface area contributed by atoms with Gasteiger partial charge in [0.05, 0.1) is 29.2 Å². The van der Waals surface area contributed by atoms with Gasteiger partial charge in [-0.1, -0.05) is 54.1 Å². The minimum Gasteiger partial charge on any atom is -0.444 e. The first-order valence-corrected chi connectivity index (χ1v) is 7.62. The fourth-order valence-electron chi connectivity index (χ4n) is 2.18.